The summed E-state index contributed by atoms with van der Waals surface area (Å²) in [6, 6.07) is 4.55. The van der Waals surface area contributed by atoms with Crippen LogP contribution in [-0.4, -0.2) is 7.11 Å². The molecule has 0 heterocycles. The molecule has 2 unspecified atom stereocenters. The van der Waals surface area contributed by atoms with Gasteiger partial charge in [-0.2, -0.15) is 0 Å². The highest BCUT2D eigenvalue weighted by atomic mass is 79.9. The van der Waals surface area contributed by atoms with Crippen molar-refractivity contribution in [2.75, 3.05) is 7.11 Å². The molecule has 106 valence electrons. The van der Waals surface area contributed by atoms with E-state index in [1.807, 2.05) is 0 Å². The zero-order chi connectivity index (χ0) is 14.2. The van der Waals surface area contributed by atoms with Crippen LogP contribution in [0.5, 0.6) is 5.75 Å². The van der Waals surface area contributed by atoms with E-state index >= 15 is 0 Å². The number of hydrogen-bond acceptors (Lipinski definition) is 1. The summed E-state index contributed by atoms with van der Waals surface area (Å²) in [4.78, 5) is 0.452. The van der Waals surface area contributed by atoms with Crippen LogP contribution >= 0.6 is 15.9 Å². The average molecular weight is 325 g/mol. The normalized spacial score (nSPS) is 23.4. The molecule has 1 fully saturated rings. The molecule has 19 heavy (non-hydrogen) atoms. The maximum Gasteiger partial charge on any atom is 0.124 e. The number of alkyl halides is 1. The van der Waals surface area contributed by atoms with E-state index in [9.17, 15) is 0 Å². The number of benzene rings is 1. The van der Waals surface area contributed by atoms with Crippen molar-refractivity contribution < 1.29 is 4.74 Å². The SMILES string of the molecule is COc1c(C)cc(C(Br)C2CCCC2(C)C)cc1C. The van der Waals surface area contributed by atoms with Gasteiger partial charge in [-0.05, 0) is 54.7 Å². The third kappa shape index (κ3) is 2.84. The van der Waals surface area contributed by atoms with Crippen LogP contribution in [0.3, 0.4) is 0 Å². The lowest BCUT2D eigenvalue weighted by molar-refractivity contribution is 0.257. The summed E-state index contributed by atoms with van der Waals surface area (Å²) in [6.45, 7) is 9.08. The second-order valence-corrected chi connectivity index (χ2v) is 7.56. The summed E-state index contributed by atoms with van der Waals surface area (Å²) in [5, 5.41) is 0. The second kappa shape index (κ2) is 5.47. The average Bonchev–Trinajstić information content (AvgIpc) is 2.67. The van der Waals surface area contributed by atoms with Gasteiger partial charge in [0.25, 0.3) is 0 Å². The molecule has 0 radical (unpaired) electrons. The van der Waals surface area contributed by atoms with Crippen LogP contribution in [0.1, 0.15) is 54.6 Å². The molecule has 0 bridgehead atoms. The third-order valence-electron chi connectivity index (χ3n) is 4.70. The van der Waals surface area contributed by atoms with E-state index in [0.29, 0.717) is 10.2 Å². The minimum absolute atomic E-state index is 0.440. The quantitative estimate of drug-likeness (QED) is 0.660. The van der Waals surface area contributed by atoms with Crippen molar-refractivity contribution in [3.8, 4) is 5.75 Å². The summed E-state index contributed by atoms with van der Waals surface area (Å²) in [5.74, 6) is 1.74. The largest absolute Gasteiger partial charge is 0.496 e. The van der Waals surface area contributed by atoms with Crippen LogP contribution in [0.2, 0.25) is 0 Å². The number of halogens is 1. The van der Waals surface area contributed by atoms with Gasteiger partial charge in [-0.15, -0.1) is 0 Å². The summed E-state index contributed by atoms with van der Waals surface area (Å²) < 4.78 is 5.46. The van der Waals surface area contributed by atoms with Gasteiger partial charge < -0.3 is 4.74 Å². The monoisotopic (exact) mass is 324 g/mol. The highest BCUT2D eigenvalue weighted by molar-refractivity contribution is 9.09. The molecule has 0 aromatic heterocycles. The molecule has 2 heteroatoms. The Bertz CT molecular complexity index is 441. The summed E-state index contributed by atoms with van der Waals surface area (Å²) in [7, 11) is 1.75. The zero-order valence-electron chi connectivity index (χ0n) is 12.7. The minimum atomic E-state index is 0.440. The number of methoxy groups -OCH3 is 1. The highest BCUT2D eigenvalue weighted by Crippen LogP contribution is 2.52. The third-order valence-corrected chi connectivity index (χ3v) is 5.87. The number of rotatable bonds is 3. The van der Waals surface area contributed by atoms with Crippen LogP contribution in [0, 0.1) is 25.2 Å². The fraction of sp³-hybridized carbons (Fsp3) is 0.647. The van der Waals surface area contributed by atoms with Gasteiger partial charge in [0.05, 0.1) is 7.11 Å². The molecule has 0 aliphatic heterocycles. The zero-order valence-corrected chi connectivity index (χ0v) is 14.3. The van der Waals surface area contributed by atoms with Gasteiger partial charge in [-0.3, -0.25) is 0 Å². The molecule has 1 aromatic carbocycles. The van der Waals surface area contributed by atoms with Crippen LogP contribution < -0.4 is 4.74 Å². The topological polar surface area (TPSA) is 9.23 Å². The highest BCUT2D eigenvalue weighted by Gasteiger charge is 2.39. The Kier molecular flexibility index (Phi) is 4.29. The Labute approximate surface area is 125 Å². The van der Waals surface area contributed by atoms with Crippen LogP contribution in [0.15, 0.2) is 12.1 Å². The lowest BCUT2D eigenvalue weighted by Crippen LogP contribution is -2.21. The Hall–Kier alpha value is -0.500. The van der Waals surface area contributed by atoms with Crippen molar-refractivity contribution in [1.82, 2.24) is 0 Å². The van der Waals surface area contributed by atoms with Gasteiger partial charge in [0.15, 0.2) is 0 Å². The van der Waals surface area contributed by atoms with Crippen LogP contribution in [-0.2, 0) is 0 Å². The Morgan fingerprint density at radius 3 is 2.26 bits per heavy atom. The van der Waals surface area contributed by atoms with Crippen molar-refractivity contribution in [3.63, 3.8) is 0 Å². The van der Waals surface area contributed by atoms with Gasteiger partial charge in [0.1, 0.15) is 5.75 Å². The molecule has 0 amide bonds. The van der Waals surface area contributed by atoms with Gasteiger partial charge in [-0.25, -0.2) is 0 Å². The Morgan fingerprint density at radius 2 is 1.84 bits per heavy atom. The summed E-state index contributed by atoms with van der Waals surface area (Å²) in [6.07, 6.45) is 4.02. The first-order chi connectivity index (χ1) is 8.86. The lowest BCUT2D eigenvalue weighted by Gasteiger charge is -2.31. The molecule has 0 N–H and O–H groups in total. The van der Waals surface area contributed by atoms with E-state index in [0.717, 1.165) is 11.7 Å². The van der Waals surface area contributed by atoms with Gasteiger partial charge in [-0.1, -0.05) is 48.3 Å². The van der Waals surface area contributed by atoms with Gasteiger partial charge >= 0.3 is 0 Å². The second-order valence-electron chi connectivity index (χ2n) is 6.58. The van der Waals surface area contributed by atoms with Crippen molar-refractivity contribution in [3.05, 3.63) is 28.8 Å². The van der Waals surface area contributed by atoms with Gasteiger partial charge in [0.2, 0.25) is 0 Å². The molecule has 1 aliphatic rings. The number of hydrogen-bond donors (Lipinski definition) is 0. The van der Waals surface area contributed by atoms with E-state index in [-0.39, 0.29) is 0 Å². The predicted octanol–water partition coefficient (Wildman–Crippen LogP) is 5.57. The predicted molar refractivity (Wildman–Crippen MR) is 85.3 cm³/mol. The molecule has 0 saturated heterocycles. The smallest absolute Gasteiger partial charge is 0.124 e. The van der Waals surface area contributed by atoms with Crippen molar-refractivity contribution in [1.29, 1.82) is 0 Å². The van der Waals surface area contributed by atoms with Crippen molar-refractivity contribution in [2.45, 2.75) is 51.8 Å². The molecule has 1 aliphatic carbocycles. The summed E-state index contributed by atoms with van der Waals surface area (Å²) in [5.41, 5.74) is 4.31. The number of aryl methyl sites for hydroxylation is 2. The van der Waals surface area contributed by atoms with E-state index in [1.165, 1.54) is 36.0 Å². The Balaban J connectivity index is 2.32. The molecule has 0 spiro atoms. The molecular formula is C17H25BrO. The molecular weight excluding hydrogens is 300 g/mol. The standard InChI is InChI=1S/C17H25BrO/c1-11-9-13(10-12(2)16(11)19-5)15(18)14-7-6-8-17(14,3)4/h9-10,14-15H,6-8H2,1-5H3. The first kappa shape index (κ1) is 14.9. The van der Waals surface area contributed by atoms with Gasteiger partial charge in [0, 0.05) is 4.83 Å². The van der Waals surface area contributed by atoms with E-state index in [4.69, 9.17) is 4.74 Å². The maximum absolute atomic E-state index is 5.46. The van der Waals surface area contributed by atoms with E-state index < -0.39 is 0 Å². The fourth-order valence-electron chi connectivity index (χ4n) is 3.59. The molecule has 1 saturated carbocycles. The van der Waals surface area contributed by atoms with Crippen LogP contribution in [0.4, 0.5) is 0 Å². The fourth-order valence-corrected chi connectivity index (χ4v) is 4.84. The van der Waals surface area contributed by atoms with Crippen LogP contribution in [0.25, 0.3) is 0 Å². The molecule has 2 rings (SSSR count). The van der Waals surface area contributed by atoms with E-state index in [1.54, 1.807) is 7.11 Å². The molecule has 1 aromatic rings. The Morgan fingerprint density at radius 1 is 1.26 bits per heavy atom. The minimum Gasteiger partial charge on any atom is -0.496 e. The summed E-state index contributed by atoms with van der Waals surface area (Å²) >= 11 is 3.96. The first-order valence-corrected chi connectivity index (χ1v) is 8.07. The van der Waals surface area contributed by atoms with Crippen molar-refractivity contribution in [2.24, 2.45) is 11.3 Å². The molecule has 1 nitrogen and oxygen atoms in total. The van der Waals surface area contributed by atoms with Crippen molar-refractivity contribution >= 4 is 15.9 Å². The maximum atomic E-state index is 5.46. The van der Waals surface area contributed by atoms with E-state index in [2.05, 4.69) is 55.8 Å². The lowest BCUT2D eigenvalue weighted by atomic mass is 9.78. The first-order valence-electron chi connectivity index (χ1n) is 7.16. The number of ether oxygens (including phenoxy) is 1. The molecule has 2 atom stereocenters.